The largest absolute Gasteiger partial charge is 0.497 e. The van der Waals surface area contributed by atoms with E-state index in [0.717, 1.165) is 29.8 Å². The number of anilines is 2. The molecule has 1 heterocycles. The zero-order chi connectivity index (χ0) is 20.2. The molecule has 0 fully saturated rings. The fourth-order valence-electron chi connectivity index (χ4n) is 3.56. The van der Waals surface area contributed by atoms with E-state index < -0.39 is 0 Å². The van der Waals surface area contributed by atoms with Gasteiger partial charge in [-0.25, -0.2) is 0 Å². The maximum absolute atomic E-state index is 12.9. The van der Waals surface area contributed by atoms with Gasteiger partial charge in [0.2, 0.25) is 0 Å². The molecule has 146 valence electrons. The average molecular weight is 386 g/mol. The molecule has 1 N–H and O–H groups in total. The molecule has 0 aliphatic carbocycles. The van der Waals surface area contributed by atoms with Gasteiger partial charge in [-0.05, 0) is 73.0 Å². The Bertz CT molecular complexity index is 1030. The van der Waals surface area contributed by atoms with Crippen molar-refractivity contribution in [1.29, 1.82) is 0 Å². The van der Waals surface area contributed by atoms with Gasteiger partial charge in [0, 0.05) is 29.0 Å². The van der Waals surface area contributed by atoms with E-state index >= 15 is 0 Å². The number of rotatable bonds is 4. The van der Waals surface area contributed by atoms with Crippen LogP contribution in [0, 0.1) is 0 Å². The zero-order valence-corrected chi connectivity index (χ0v) is 16.2. The van der Waals surface area contributed by atoms with E-state index in [2.05, 4.69) is 5.32 Å². The first-order valence-electron chi connectivity index (χ1n) is 9.61. The fourth-order valence-corrected chi connectivity index (χ4v) is 3.56. The highest BCUT2D eigenvalue weighted by atomic mass is 16.5. The van der Waals surface area contributed by atoms with Gasteiger partial charge in [-0.15, -0.1) is 0 Å². The number of fused-ring (bicyclic) bond motifs is 1. The second kappa shape index (κ2) is 8.19. The SMILES string of the molecule is COc1ccc(NC(=O)c2ccc3c(c2)CCCN3C(=O)c2ccccc2)cc1. The molecule has 3 aromatic carbocycles. The third-order valence-corrected chi connectivity index (χ3v) is 5.07. The first kappa shape index (κ1) is 18.7. The van der Waals surface area contributed by atoms with Crippen molar-refractivity contribution in [3.63, 3.8) is 0 Å². The second-order valence-corrected chi connectivity index (χ2v) is 6.95. The lowest BCUT2D eigenvalue weighted by Crippen LogP contribution is -2.35. The molecule has 0 radical (unpaired) electrons. The number of ether oxygens (including phenoxy) is 1. The van der Waals surface area contributed by atoms with E-state index in [9.17, 15) is 9.59 Å². The molecule has 0 saturated heterocycles. The Hall–Kier alpha value is -3.60. The third-order valence-electron chi connectivity index (χ3n) is 5.07. The van der Waals surface area contributed by atoms with Gasteiger partial charge in [-0.3, -0.25) is 9.59 Å². The maximum Gasteiger partial charge on any atom is 0.258 e. The normalized spacial score (nSPS) is 12.8. The molecule has 2 amide bonds. The van der Waals surface area contributed by atoms with Gasteiger partial charge >= 0.3 is 0 Å². The molecule has 0 atom stereocenters. The molecule has 29 heavy (non-hydrogen) atoms. The molecule has 0 saturated carbocycles. The van der Waals surface area contributed by atoms with E-state index in [1.165, 1.54) is 0 Å². The molecule has 0 unspecified atom stereocenters. The van der Waals surface area contributed by atoms with E-state index in [4.69, 9.17) is 4.74 Å². The summed E-state index contributed by atoms with van der Waals surface area (Å²) >= 11 is 0. The minimum Gasteiger partial charge on any atom is -0.497 e. The smallest absolute Gasteiger partial charge is 0.258 e. The number of carbonyl (C=O) groups excluding carboxylic acids is 2. The quantitative estimate of drug-likeness (QED) is 0.716. The number of nitrogens with one attached hydrogen (secondary N) is 1. The molecule has 3 aromatic rings. The van der Waals surface area contributed by atoms with E-state index in [1.54, 1.807) is 42.3 Å². The predicted octanol–water partition coefficient (Wildman–Crippen LogP) is 4.54. The van der Waals surface area contributed by atoms with E-state index in [1.807, 2.05) is 42.5 Å². The van der Waals surface area contributed by atoms with Crippen molar-refractivity contribution in [2.24, 2.45) is 0 Å². The van der Waals surface area contributed by atoms with Gasteiger partial charge in [0.15, 0.2) is 0 Å². The van der Waals surface area contributed by atoms with Crippen molar-refractivity contribution in [2.75, 3.05) is 23.9 Å². The van der Waals surface area contributed by atoms with Gasteiger partial charge in [0.05, 0.1) is 7.11 Å². The monoisotopic (exact) mass is 386 g/mol. The van der Waals surface area contributed by atoms with Crippen LogP contribution in [-0.2, 0) is 6.42 Å². The second-order valence-electron chi connectivity index (χ2n) is 6.95. The number of methoxy groups -OCH3 is 1. The molecule has 1 aliphatic heterocycles. The van der Waals surface area contributed by atoms with Crippen molar-refractivity contribution in [1.82, 2.24) is 0 Å². The van der Waals surface area contributed by atoms with Gasteiger partial charge in [-0.1, -0.05) is 18.2 Å². The summed E-state index contributed by atoms with van der Waals surface area (Å²) in [6.07, 6.45) is 1.71. The number of amides is 2. The summed E-state index contributed by atoms with van der Waals surface area (Å²) < 4.78 is 5.14. The topological polar surface area (TPSA) is 58.6 Å². The highest BCUT2D eigenvalue weighted by Gasteiger charge is 2.24. The summed E-state index contributed by atoms with van der Waals surface area (Å²) in [5.74, 6) is 0.548. The maximum atomic E-state index is 12.9. The average Bonchev–Trinajstić information content (AvgIpc) is 2.79. The summed E-state index contributed by atoms with van der Waals surface area (Å²) in [4.78, 5) is 27.4. The van der Waals surface area contributed by atoms with Crippen LogP contribution in [0.15, 0.2) is 72.8 Å². The van der Waals surface area contributed by atoms with Crippen LogP contribution >= 0.6 is 0 Å². The van der Waals surface area contributed by atoms with Crippen LogP contribution in [0.4, 0.5) is 11.4 Å². The van der Waals surface area contributed by atoms with Crippen molar-refractivity contribution < 1.29 is 14.3 Å². The Morgan fingerprint density at radius 2 is 1.69 bits per heavy atom. The number of hydrogen-bond acceptors (Lipinski definition) is 3. The Morgan fingerprint density at radius 1 is 0.931 bits per heavy atom. The molecule has 5 nitrogen and oxygen atoms in total. The lowest BCUT2D eigenvalue weighted by Gasteiger charge is -2.30. The van der Waals surface area contributed by atoms with Crippen LogP contribution in [0.25, 0.3) is 0 Å². The molecule has 5 heteroatoms. The Balaban J connectivity index is 1.54. The Labute approximate surface area is 169 Å². The lowest BCUT2D eigenvalue weighted by molar-refractivity contribution is 0.0984. The number of hydrogen-bond donors (Lipinski definition) is 1. The van der Waals surface area contributed by atoms with Crippen molar-refractivity contribution >= 4 is 23.2 Å². The van der Waals surface area contributed by atoms with Crippen LogP contribution in [0.1, 0.15) is 32.7 Å². The van der Waals surface area contributed by atoms with Crippen molar-refractivity contribution in [3.05, 3.63) is 89.5 Å². The third kappa shape index (κ3) is 3.99. The van der Waals surface area contributed by atoms with Gasteiger partial charge in [-0.2, -0.15) is 0 Å². The van der Waals surface area contributed by atoms with Gasteiger partial charge < -0.3 is 15.0 Å². The van der Waals surface area contributed by atoms with Crippen LogP contribution in [0.5, 0.6) is 5.75 Å². The summed E-state index contributed by atoms with van der Waals surface area (Å²) in [6.45, 7) is 0.679. The van der Waals surface area contributed by atoms with Crippen LogP contribution in [0.2, 0.25) is 0 Å². The predicted molar refractivity (Wildman–Crippen MR) is 114 cm³/mol. The standard InChI is InChI=1S/C24H22N2O3/c1-29-21-12-10-20(11-13-21)25-23(27)19-9-14-22-18(16-19)8-5-15-26(22)24(28)17-6-3-2-4-7-17/h2-4,6-7,9-14,16H,5,8,15H2,1H3,(H,25,27). The number of carbonyl (C=O) groups is 2. The molecular formula is C24H22N2O3. The molecule has 0 bridgehead atoms. The Kier molecular flexibility index (Phi) is 5.29. The number of benzene rings is 3. The highest BCUT2D eigenvalue weighted by Crippen LogP contribution is 2.30. The molecule has 0 spiro atoms. The van der Waals surface area contributed by atoms with Crippen LogP contribution in [0.3, 0.4) is 0 Å². The number of aryl methyl sites for hydroxylation is 1. The molecule has 1 aliphatic rings. The molecular weight excluding hydrogens is 364 g/mol. The minimum atomic E-state index is -0.176. The van der Waals surface area contributed by atoms with Crippen molar-refractivity contribution in [3.8, 4) is 5.75 Å². The first-order chi connectivity index (χ1) is 14.2. The fraction of sp³-hybridized carbons (Fsp3) is 0.167. The summed E-state index contributed by atoms with van der Waals surface area (Å²) in [5, 5.41) is 2.90. The van der Waals surface area contributed by atoms with E-state index in [0.29, 0.717) is 23.4 Å². The Morgan fingerprint density at radius 3 is 2.41 bits per heavy atom. The van der Waals surface area contributed by atoms with Crippen LogP contribution in [-0.4, -0.2) is 25.5 Å². The number of nitrogens with zero attached hydrogens (tertiary/aromatic N) is 1. The van der Waals surface area contributed by atoms with Gasteiger partial charge in [0.25, 0.3) is 11.8 Å². The lowest BCUT2D eigenvalue weighted by atomic mass is 9.98. The molecule has 0 aromatic heterocycles. The highest BCUT2D eigenvalue weighted by molar-refractivity contribution is 6.08. The summed E-state index contributed by atoms with van der Waals surface area (Å²) in [6, 6.07) is 22.0. The van der Waals surface area contributed by atoms with Crippen LogP contribution < -0.4 is 15.0 Å². The van der Waals surface area contributed by atoms with Gasteiger partial charge in [0.1, 0.15) is 5.75 Å². The summed E-state index contributed by atoms with van der Waals surface area (Å²) in [7, 11) is 1.60. The zero-order valence-electron chi connectivity index (χ0n) is 16.2. The molecule has 4 rings (SSSR count). The van der Waals surface area contributed by atoms with E-state index in [-0.39, 0.29) is 11.8 Å². The van der Waals surface area contributed by atoms with Crippen molar-refractivity contribution in [2.45, 2.75) is 12.8 Å². The summed E-state index contributed by atoms with van der Waals surface area (Å²) in [5.41, 5.74) is 3.85. The first-order valence-corrected chi connectivity index (χ1v) is 9.61. The minimum absolute atomic E-state index is 0.0121.